The van der Waals surface area contributed by atoms with Gasteiger partial charge in [-0.1, -0.05) is 11.3 Å². The predicted octanol–water partition coefficient (Wildman–Crippen LogP) is 1.98. The summed E-state index contributed by atoms with van der Waals surface area (Å²) in [4.78, 5) is 18.6. The molecule has 174 valence electrons. The fourth-order valence-corrected chi connectivity index (χ4v) is 4.65. The van der Waals surface area contributed by atoms with E-state index in [4.69, 9.17) is 9.47 Å². The molecular weight excluding hydrogens is 434 g/mol. The number of benzene rings is 1. The summed E-state index contributed by atoms with van der Waals surface area (Å²) in [6, 6.07) is 7.98. The molecule has 0 spiro atoms. The van der Waals surface area contributed by atoms with Crippen LogP contribution in [0.3, 0.4) is 0 Å². The smallest absolute Gasteiger partial charge is 0.338 e. The largest absolute Gasteiger partial charge is 0.480 e. The van der Waals surface area contributed by atoms with Crippen LogP contribution >= 0.6 is 0 Å². The molecule has 0 radical (unpaired) electrons. The summed E-state index contributed by atoms with van der Waals surface area (Å²) in [5, 5.41) is 21.5. The molecule has 1 atom stereocenters. The topological polar surface area (TPSA) is 118 Å². The molecule has 1 N–H and O–H groups in total. The van der Waals surface area contributed by atoms with E-state index in [0.29, 0.717) is 30.1 Å². The van der Waals surface area contributed by atoms with Crippen LogP contribution in [0.2, 0.25) is 0 Å². The van der Waals surface area contributed by atoms with E-state index >= 15 is 0 Å². The molecule has 2 aliphatic heterocycles. The molecule has 0 saturated carbocycles. The number of cyclic esters (lactones) is 1. The van der Waals surface area contributed by atoms with Gasteiger partial charge in [0.2, 0.25) is 5.88 Å². The van der Waals surface area contributed by atoms with Gasteiger partial charge < -0.3 is 14.8 Å². The van der Waals surface area contributed by atoms with Gasteiger partial charge in [0.1, 0.15) is 18.2 Å². The van der Waals surface area contributed by atoms with Crippen molar-refractivity contribution in [3.8, 4) is 17.8 Å². The van der Waals surface area contributed by atoms with Gasteiger partial charge in [-0.2, -0.15) is 10.2 Å². The van der Waals surface area contributed by atoms with Crippen LogP contribution in [0.4, 0.5) is 0 Å². The van der Waals surface area contributed by atoms with Crippen LogP contribution in [0, 0.1) is 25.2 Å². The van der Waals surface area contributed by atoms with Crippen LogP contribution in [0.15, 0.2) is 24.4 Å². The molecule has 4 heterocycles. The summed E-state index contributed by atoms with van der Waals surface area (Å²) in [6.45, 7) is 7.44. The molecule has 1 saturated heterocycles. The summed E-state index contributed by atoms with van der Waals surface area (Å²) in [5.41, 5.74) is 5.98. The van der Waals surface area contributed by atoms with Crippen molar-refractivity contribution in [3.63, 3.8) is 0 Å². The number of carbonyl (C=O) groups excluding carboxylic acids is 1. The number of aromatic nitrogens is 4. The van der Waals surface area contributed by atoms with Gasteiger partial charge in [-0.3, -0.25) is 4.90 Å². The lowest BCUT2D eigenvalue weighted by molar-refractivity contribution is 0.0535. The monoisotopic (exact) mass is 459 g/mol. The highest BCUT2D eigenvalue weighted by Crippen LogP contribution is 2.30. The third-order valence-electron chi connectivity index (χ3n) is 6.48. The Hall–Kier alpha value is -3.81. The first kappa shape index (κ1) is 22.0. The van der Waals surface area contributed by atoms with Crippen molar-refractivity contribution in [2.75, 3.05) is 26.7 Å². The average molecular weight is 460 g/mol. The van der Waals surface area contributed by atoms with Gasteiger partial charge in [0.15, 0.2) is 5.82 Å². The molecule has 3 aromatic rings. The number of esters is 1. The van der Waals surface area contributed by atoms with Gasteiger partial charge in [0.25, 0.3) is 0 Å². The molecule has 2 aromatic heterocycles. The summed E-state index contributed by atoms with van der Waals surface area (Å²) >= 11 is 0. The zero-order chi connectivity index (χ0) is 23.8. The summed E-state index contributed by atoms with van der Waals surface area (Å²) < 4.78 is 12.1. The Morgan fingerprint density at radius 1 is 1.35 bits per heavy atom. The van der Waals surface area contributed by atoms with Crippen LogP contribution in [-0.2, 0) is 17.9 Å². The molecule has 0 bridgehead atoms. The fraction of sp³-hybridized carbons (Fsp3) is 0.375. The number of rotatable bonds is 5. The number of hydrogen-bond donors (Lipinski definition) is 1. The van der Waals surface area contributed by atoms with Crippen molar-refractivity contribution >= 4 is 5.97 Å². The highest BCUT2D eigenvalue weighted by Gasteiger charge is 2.28. The Morgan fingerprint density at radius 3 is 3.00 bits per heavy atom. The zero-order valence-electron chi connectivity index (χ0n) is 19.3. The number of ether oxygens (including phenoxy) is 2. The zero-order valence-corrected chi connectivity index (χ0v) is 19.3. The van der Waals surface area contributed by atoms with E-state index in [1.165, 1.54) is 12.7 Å². The van der Waals surface area contributed by atoms with Crippen LogP contribution in [-0.4, -0.2) is 57.6 Å². The van der Waals surface area contributed by atoms with E-state index in [9.17, 15) is 10.1 Å². The lowest BCUT2D eigenvalue weighted by Crippen LogP contribution is -2.45. The molecule has 2 aliphatic rings. The Labute approximate surface area is 197 Å². The first-order valence-corrected chi connectivity index (χ1v) is 11.1. The number of aryl methyl sites for hydroxylation is 1. The third-order valence-corrected chi connectivity index (χ3v) is 6.48. The van der Waals surface area contributed by atoms with Crippen molar-refractivity contribution in [1.29, 1.82) is 5.26 Å². The van der Waals surface area contributed by atoms with Gasteiger partial charge in [0, 0.05) is 37.8 Å². The molecule has 1 unspecified atom stereocenters. The minimum atomic E-state index is -0.240. The minimum Gasteiger partial charge on any atom is -0.480 e. The molecule has 0 amide bonds. The first-order valence-electron chi connectivity index (χ1n) is 11.1. The Bertz CT molecular complexity index is 1310. The summed E-state index contributed by atoms with van der Waals surface area (Å²) in [6.07, 6.45) is 1.86. The number of nitriles is 1. The number of carbonyl (C=O) groups is 1. The maximum Gasteiger partial charge on any atom is 0.338 e. The number of methoxy groups -OCH3 is 1. The number of nitrogens with zero attached hydrogens (tertiary/aromatic N) is 6. The van der Waals surface area contributed by atoms with Crippen molar-refractivity contribution in [1.82, 2.24) is 30.2 Å². The van der Waals surface area contributed by atoms with Crippen molar-refractivity contribution < 1.29 is 14.3 Å². The van der Waals surface area contributed by atoms with Gasteiger partial charge in [-0.05, 0) is 42.7 Å². The summed E-state index contributed by atoms with van der Waals surface area (Å²) in [5.74, 6) is 0.586. The Kier molecular flexibility index (Phi) is 5.73. The van der Waals surface area contributed by atoms with Gasteiger partial charge in [-0.25, -0.2) is 9.48 Å². The van der Waals surface area contributed by atoms with Crippen molar-refractivity contribution in [2.24, 2.45) is 0 Å². The van der Waals surface area contributed by atoms with Crippen LogP contribution in [0.25, 0.3) is 5.82 Å². The van der Waals surface area contributed by atoms with E-state index in [1.54, 1.807) is 10.7 Å². The second kappa shape index (κ2) is 8.85. The SMILES string of the molecule is COc1nc(-n2cc(CN3CCNC(c4ccc5c(c4C)COC5=O)C3)nn2)cc(C)c1C#N. The van der Waals surface area contributed by atoms with Crippen LogP contribution in [0.5, 0.6) is 5.88 Å². The van der Waals surface area contributed by atoms with E-state index in [-0.39, 0.29) is 17.9 Å². The number of nitrogens with one attached hydrogen (secondary N) is 1. The summed E-state index contributed by atoms with van der Waals surface area (Å²) in [7, 11) is 1.49. The minimum absolute atomic E-state index is 0.150. The maximum atomic E-state index is 11.9. The highest BCUT2D eigenvalue weighted by molar-refractivity contribution is 5.94. The molecule has 10 nitrogen and oxygen atoms in total. The molecule has 1 aromatic carbocycles. The Balaban J connectivity index is 1.32. The van der Waals surface area contributed by atoms with Gasteiger partial charge >= 0.3 is 5.97 Å². The molecular formula is C24H25N7O3. The number of hydrogen-bond acceptors (Lipinski definition) is 9. The van der Waals surface area contributed by atoms with E-state index in [2.05, 4.69) is 38.5 Å². The second-order valence-electron chi connectivity index (χ2n) is 8.57. The average Bonchev–Trinajstić information content (AvgIpc) is 3.46. The molecule has 5 rings (SSSR count). The normalized spacial score (nSPS) is 17.8. The number of piperazine rings is 1. The quantitative estimate of drug-likeness (QED) is 0.571. The first-order chi connectivity index (χ1) is 16.5. The van der Waals surface area contributed by atoms with Crippen molar-refractivity contribution in [3.05, 3.63) is 63.5 Å². The number of fused-ring (bicyclic) bond motifs is 1. The standard InChI is InChI=1S/C24H25N7O3/c1-14-8-22(27-23(33-3)19(14)9-25)31-11-16(28-29-31)10-30-7-6-26-21(12-30)17-4-5-18-20(15(17)2)13-34-24(18)32/h4-5,8,11,21,26H,6-7,10,12-13H2,1-3H3. The third kappa shape index (κ3) is 3.89. The van der Waals surface area contributed by atoms with Crippen LogP contribution < -0.4 is 10.1 Å². The number of pyridine rings is 1. The second-order valence-corrected chi connectivity index (χ2v) is 8.57. The fourth-order valence-electron chi connectivity index (χ4n) is 4.65. The molecule has 10 heteroatoms. The van der Waals surface area contributed by atoms with Gasteiger partial charge in [0.05, 0.1) is 24.6 Å². The maximum absolute atomic E-state index is 11.9. The van der Waals surface area contributed by atoms with E-state index < -0.39 is 0 Å². The predicted molar refractivity (Wildman–Crippen MR) is 121 cm³/mol. The van der Waals surface area contributed by atoms with Crippen molar-refractivity contribution in [2.45, 2.75) is 33.0 Å². The van der Waals surface area contributed by atoms with Gasteiger partial charge in [-0.15, -0.1) is 5.10 Å². The molecule has 0 aliphatic carbocycles. The Morgan fingerprint density at radius 2 is 2.21 bits per heavy atom. The highest BCUT2D eigenvalue weighted by atomic mass is 16.5. The lowest BCUT2D eigenvalue weighted by atomic mass is 9.93. The van der Waals surface area contributed by atoms with Crippen LogP contribution in [0.1, 0.15) is 49.9 Å². The molecule has 1 fully saturated rings. The van der Waals surface area contributed by atoms with E-state index in [0.717, 1.165) is 42.0 Å². The van der Waals surface area contributed by atoms with E-state index in [1.807, 2.05) is 25.3 Å². The molecule has 34 heavy (non-hydrogen) atoms. The lowest BCUT2D eigenvalue weighted by Gasteiger charge is -2.34.